The van der Waals surface area contributed by atoms with Crippen LogP contribution in [0, 0.1) is 17.8 Å². The number of hydrogen-bond donors (Lipinski definition) is 0. The summed E-state index contributed by atoms with van der Waals surface area (Å²) in [7, 11) is 0. The zero-order valence-corrected chi connectivity index (χ0v) is 15.9. The molecule has 0 aromatic rings. The van der Waals surface area contributed by atoms with Crippen LogP contribution in [0.5, 0.6) is 0 Å². The molecular formula is C21H44. The van der Waals surface area contributed by atoms with Crippen molar-refractivity contribution in [2.24, 2.45) is 17.8 Å². The van der Waals surface area contributed by atoms with E-state index in [-0.39, 0.29) is 0 Å². The zero-order chi connectivity index (χ0) is 15.9. The molecule has 0 aromatic carbocycles. The van der Waals surface area contributed by atoms with Crippen LogP contribution in [-0.4, -0.2) is 0 Å². The Morgan fingerprint density at radius 3 is 1.38 bits per heavy atom. The Balaban J connectivity index is 3.24. The Labute approximate surface area is 136 Å². The Morgan fingerprint density at radius 2 is 0.905 bits per heavy atom. The van der Waals surface area contributed by atoms with Crippen molar-refractivity contribution < 1.29 is 0 Å². The summed E-state index contributed by atoms with van der Waals surface area (Å²) < 4.78 is 0. The van der Waals surface area contributed by atoms with E-state index in [1.807, 2.05) is 0 Å². The van der Waals surface area contributed by atoms with Crippen molar-refractivity contribution in [1.29, 1.82) is 0 Å². The van der Waals surface area contributed by atoms with Crippen molar-refractivity contribution in [2.75, 3.05) is 0 Å². The number of hydrogen-bond acceptors (Lipinski definition) is 0. The molecule has 0 radical (unpaired) electrons. The molecule has 21 heavy (non-hydrogen) atoms. The van der Waals surface area contributed by atoms with Gasteiger partial charge in [-0.3, -0.25) is 0 Å². The minimum Gasteiger partial charge on any atom is -0.0654 e. The Morgan fingerprint density at radius 1 is 0.476 bits per heavy atom. The van der Waals surface area contributed by atoms with Gasteiger partial charge in [0.05, 0.1) is 0 Å². The highest BCUT2D eigenvalue weighted by Gasteiger charge is 2.04. The second-order valence-electron chi connectivity index (χ2n) is 8.02. The summed E-state index contributed by atoms with van der Waals surface area (Å²) in [6.07, 6.45) is 18.8. The summed E-state index contributed by atoms with van der Waals surface area (Å²) >= 11 is 0. The van der Waals surface area contributed by atoms with Crippen LogP contribution in [-0.2, 0) is 0 Å². The first-order valence-corrected chi connectivity index (χ1v) is 10.1. The van der Waals surface area contributed by atoms with Crippen LogP contribution in [0.15, 0.2) is 0 Å². The maximum atomic E-state index is 2.45. The van der Waals surface area contributed by atoms with E-state index in [4.69, 9.17) is 0 Å². The first-order valence-electron chi connectivity index (χ1n) is 10.1. The highest BCUT2D eigenvalue weighted by molar-refractivity contribution is 4.57. The van der Waals surface area contributed by atoms with Crippen LogP contribution in [0.25, 0.3) is 0 Å². The predicted molar refractivity (Wildman–Crippen MR) is 98.9 cm³/mol. The molecule has 0 heteroatoms. The predicted octanol–water partition coefficient (Wildman–Crippen LogP) is 8.01. The van der Waals surface area contributed by atoms with Crippen molar-refractivity contribution in [2.45, 2.75) is 118 Å². The molecule has 0 saturated heterocycles. The van der Waals surface area contributed by atoms with E-state index in [2.05, 4.69) is 34.6 Å². The SMILES string of the molecule is CCCCC(C)CCCCCCCC(C)CCCC(C)C. The molecule has 2 unspecified atom stereocenters. The average Bonchev–Trinajstić information content (AvgIpc) is 2.43. The van der Waals surface area contributed by atoms with Crippen LogP contribution < -0.4 is 0 Å². The molecule has 0 aliphatic heterocycles. The molecule has 128 valence electrons. The van der Waals surface area contributed by atoms with Crippen LogP contribution >= 0.6 is 0 Å². The maximum absolute atomic E-state index is 2.45. The van der Waals surface area contributed by atoms with Gasteiger partial charge in [0.1, 0.15) is 0 Å². The third-order valence-electron chi connectivity index (χ3n) is 4.92. The van der Waals surface area contributed by atoms with Gasteiger partial charge in [-0.1, -0.05) is 118 Å². The van der Waals surface area contributed by atoms with Crippen molar-refractivity contribution >= 4 is 0 Å². The van der Waals surface area contributed by atoms with Crippen molar-refractivity contribution in [3.8, 4) is 0 Å². The van der Waals surface area contributed by atoms with Gasteiger partial charge in [0.25, 0.3) is 0 Å². The normalized spacial score (nSPS) is 14.6. The second-order valence-corrected chi connectivity index (χ2v) is 8.02. The van der Waals surface area contributed by atoms with E-state index in [9.17, 15) is 0 Å². The van der Waals surface area contributed by atoms with Gasteiger partial charge in [-0.15, -0.1) is 0 Å². The minimum absolute atomic E-state index is 0.886. The molecule has 0 N–H and O–H groups in total. The van der Waals surface area contributed by atoms with Gasteiger partial charge in [0.15, 0.2) is 0 Å². The summed E-state index contributed by atoms with van der Waals surface area (Å²) in [5.74, 6) is 2.81. The van der Waals surface area contributed by atoms with Crippen LogP contribution in [0.2, 0.25) is 0 Å². The molecule has 0 spiro atoms. The molecular weight excluding hydrogens is 252 g/mol. The van der Waals surface area contributed by atoms with E-state index in [0.29, 0.717) is 0 Å². The molecule has 0 fully saturated rings. The highest BCUT2D eigenvalue weighted by Crippen LogP contribution is 2.20. The highest BCUT2D eigenvalue weighted by atomic mass is 14.1. The monoisotopic (exact) mass is 296 g/mol. The minimum atomic E-state index is 0.886. The first kappa shape index (κ1) is 21.0. The lowest BCUT2D eigenvalue weighted by atomic mass is 9.94. The fourth-order valence-corrected chi connectivity index (χ4v) is 3.23. The lowest BCUT2D eigenvalue weighted by molar-refractivity contribution is 0.411. The van der Waals surface area contributed by atoms with E-state index < -0.39 is 0 Å². The first-order chi connectivity index (χ1) is 10.1. The smallest absolute Gasteiger partial charge is 0.0443 e. The third-order valence-corrected chi connectivity index (χ3v) is 4.92. The standard InChI is InChI=1S/C21H44/c1-6-7-15-20(4)16-11-9-8-10-12-17-21(5)18-13-14-19(2)3/h19-21H,6-18H2,1-5H3. The summed E-state index contributed by atoms with van der Waals surface area (Å²) in [5.41, 5.74) is 0. The second kappa shape index (κ2) is 14.9. The Kier molecular flexibility index (Phi) is 14.9. The molecule has 0 saturated carbocycles. The molecule has 0 amide bonds. The Hall–Kier alpha value is 0. The van der Waals surface area contributed by atoms with Crippen molar-refractivity contribution in [1.82, 2.24) is 0 Å². The van der Waals surface area contributed by atoms with Crippen molar-refractivity contribution in [3.63, 3.8) is 0 Å². The van der Waals surface area contributed by atoms with Gasteiger partial charge in [0, 0.05) is 0 Å². The van der Waals surface area contributed by atoms with Gasteiger partial charge in [0.2, 0.25) is 0 Å². The fourth-order valence-electron chi connectivity index (χ4n) is 3.23. The van der Waals surface area contributed by atoms with E-state index >= 15 is 0 Å². The zero-order valence-electron chi connectivity index (χ0n) is 15.9. The molecule has 0 bridgehead atoms. The summed E-state index contributed by atoms with van der Waals surface area (Å²) in [4.78, 5) is 0. The van der Waals surface area contributed by atoms with E-state index in [1.165, 1.54) is 83.5 Å². The molecule has 0 aliphatic carbocycles. The summed E-state index contributed by atoms with van der Waals surface area (Å²) in [6, 6.07) is 0. The maximum Gasteiger partial charge on any atom is -0.0443 e. The fraction of sp³-hybridized carbons (Fsp3) is 1.00. The van der Waals surface area contributed by atoms with Gasteiger partial charge in [-0.2, -0.15) is 0 Å². The number of unbranched alkanes of at least 4 members (excludes halogenated alkanes) is 5. The largest absolute Gasteiger partial charge is 0.0654 e. The third kappa shape index (κ3) is 16.2. The molecule has 0 aromatic heterocycles. The molecule has 0 rings (SSSR count). The summed E-state index contributed by atoms with van der Waals surface area (Å²) in [5, 5.41) is 0. The molecule has 2 atom stereocenters. The van der Waals surface area contributed by atoms with Crippen molar-refractivity contribution in [3.05, 3.63) is 0 Å². The summed E-state index contributed by atoms with van der Waals surface area (Å²) in [6.45, 7) is 11.9. The van der Waals surface area contributed by atoms with Gasteiger partial charge in [-0.25, -0.2) is 0 Å². The van der Waals surface area contributed by atoms with E-state index in [0.717, 1.165) is 17.8 Å². The molecule has 0 heterocycles. The topological polar surface area (TPSA) is 0 Å². The molecule has 0 aliphatic rings. The quantitative estimate of drug-likeness (QED) is 0.268. The van der Waals surface area contributed by atoms with Gasteiger partial charge in [-0.05, 0) is 17.8 Å². The lowest BCUT2D eigenvalue weighted by Gasteiger charge is -2.12. The van der Waals surface area contributed by atoms with Gasteiger partial charge >= 0.3 is 0 Å². The Bertz CT molecular complexity index is 194. The van der Waals surface area contributed by atoms with Crippen LogP contribution in [0.3, 0.4) is 0 Å². The van der Waals surface area contributed by atoms with Gasteiger partial charge < -0.3 is 0 Å². The number of rotatable bonds is 15. The van der Waals surface area contributed by atoms with E-state index in [1.54, 1.807) is 0 Å². The van der Waals surface area contributed by atoms with Crippen LogP contribution in [0.4, 0.5) is 0 Å². The van der Waals surface area contributed by atoms with Crippen LogP contribution in [0.1, 0.15) is 118 Å². The average molecular weight is 297 g/mol. The lowest BCUT2D eigenvalue weighted by Crippen LogP contribution is -1.97. The molecule has 0 nitrogen and oxygen atoms in total.